The summed E-state index contributed by atoms with van der Waals surface area (Å²) in [6, 6.07) is 13.1. The fourth-order valence-electron chi connectivity index (χ4n) is 2.82. The van der Waals surface area contributed by atoms with E-state index in [0.717, 1.165) is 17.2 Å². The summed E-state index contributed by atoms with van der Waals surface area (Å²) in [4.78, 5) is 22.8. The van der Waals surface area contributed by atoms with Gasteiger partial charge in [0.25, 0.3) is 5.91 Å². The summed E-state index contributed by atoms with van der Waals surface area (Å²) in [7, 11) is 0. The molecule has 0 bridgehead atoms. The van der Waals surface area contributed by atoms with E-state index in [9.17, 15) is 4.79 Å². The predicted molar refractivity (Wildman–Crippen MR) is 90.0 cm³/mol. The van der Waals surface area contributed by atoms with Gasteiger partial charge in [-0.25, -0.2) is 4.98 Å². The number of hydrogen-bond acceptors (Lipinski definition) is 5. The van der Waals surface area contributed by atoms with Crippen molar-refractivity contribution in [3.05, 3.63) is 77.8 Å². The number of benzene rings is 1. The standard InChI is InChI=1S/C19H17N3O3/c23-19(14-5-4-9-20-11-14)22-10-8-16-17(12-22)25-18(21-16)13-24-15-6-2-1-3-7-15/h1-7,9,11H,8,10,12-13H2. The van der Waals surface area contributed by atoms with Gasteiger partial charge in [-0.3, -0.25) is 9.78 Å². The molecule has 0 unspecified atom stereocenters. The van der Waals surface area contributed by atoms with Gasteiger partial charge in [0.05, 0.1) is 17.8 Å². The fourth-order valence-corrected chi connectivity index (χ4v) is 2.82. The molecule has 0 aliphatic carbocycles. The monoisotopic (exact) mass is 335 g/mol. The third-order valence-corrected chi connectivity index (χ3v) is 4.08. The van der Waals surface area contributed by atoms with E-state index in [1.54, 1.807) is 29.4 Å². The molecule has 1 aliphatic rings. The molecule has 1 aliphatic heterocycles. The van der Waals surface area contributed by atoms with E-state index in [0.29, 0.717) is 31.0 Å². The van der Waals surface area contributed by atoms with Crippen molar-refractivity contribution >= 4 is 5.91 Å². The number of ether oxygens (including phenoxy) is 1. The van der Waals surface area contributed by atoms with Crippen molar-refractivity contribution in [2.45, 2.75) is 19.6 Å². The average molecular weight is 335 g/mol. The minimum Gasteiger partial charge on any atom is -0.484 e. The second-order valence-electron chi connectivity index (χ2n) is 5.80. The van der Waals surface area contributed by atoms with Gasteiger partial charge < -0.3 is 14.1 Å². The molecular weight excluding hydrogens is 318 g/mol. The first kappa shape index (κ1) is 15.4. The van der Waals surface area contributed by atoms with Crippen LogP contribution in [0.3, 0.4) is 0 Å². The molecule has 0 saturated heterocycles. The molecule has 3 aromatic rings. The lowest BCUT2D eigenvalue weighted by Crippen LogP contribution is -2.35. The Bertz CT molecular complexity index is 862. The van der Waals surface area contributed by atoms with Crippen LogP contribution in [0, 0.1) is 0 Å². The maximum Gasteiger partial charge on any atom is 0.255 e. The number of amides is 1. The van der Waals surface area contributed by atoms with E-state index in [1.807, 2.05) is 30.3 Å². The molecule has 4 rings (SSSR count). The van der Waals surface area contributed by atoms with Crippen LogP contribution in [0.4, 0.5) is 0 Å². The number of rotatable bonds is 4. The first-order valence-electron chi connectivity index (χ1n) is 8.14. The zero-order valence-electron chi connectivity index (χ0n) is 13.6. The fraction of sp³-hybridized carbons (Fsp3) is 0.211. The van der Waals surface area contributed by atoms with Crippen molar-refractivity contribution in [3.63, 3.8) is 0 Å². The van der Waals surface area contributed by atoms with E-state index in [1.165, 1.54) is 0 Å². The van der Waals surface area contributed by atoms with Gasteiger partial charge in [-0.05, 0) is 24.3 Å². The number of fused-ring (bicyclic) bond motifs is 1. The molecular formula is C19H17N3O3. The van der Waals surface area contributed by atoms with E-state index in [-0.39, 0.29) is 12.5 Å². The van der Waals surface area contributed by atoms with Gasteiger partial charge in [0, 0.05) is 25.4 Å². The number of carbonyl (C=O) groups is 1. The lowest BCUT2D eigenvalue weighted by atomic mass is 10.1. The Balaban J connectivity index is 1.43. The summed E-state index contributed by atoms with van der Waals surface area (Å²) in [6.07, 6.45) is 3.91. The average Bonchev–Trinajstić information content (AvgIpc) is 3.09. The van der Waals surface area contributed by atoms with Crippen LogP contribution in [-0.4, -0.2) is 27.3 Å². The molecule has 3 heterocycles. The number of hydrogen-bond donors (Lipinski definition) is 0. The van der Waals surface area contributed by atoms with E-state index in [4.69, 9.17) is 9.15 Å². The van der Waals surface area contributed by atoms with Gasteiger partial charge in [-0.1, -0.05) is 18.2 Å². The molecule has 6 nitrogen and oxygen atoms in total. The molecule has 25 heavy (non-hydrogen) atoms. The van der Waals surface area contributed by atoms with Gasteiger partial charge in [0.1, 0.15) is 11.5 Å². The zero-order valence-corrected chi connectivity index (χ0v) is 13.6. The molecule has 6 heteroatoms. The van der Waals surface area contributed by atoms with Crippen molar-refractivity contribution < 1.29 is 13.9 Å². The first-order valence-corrected chi connectivity index (χ1v) is 8.14. The summed E-state index contributed by atoms with van der Waals surface area (Å²) < 4.78 is 11.5. The van der Waals surface area contributed by atoms with Crippen LogP contribution >= 0.6 is 0 Å². The SMILES string of the molecule is O=C(c1cccnc1)N1CCc2nc(COc3ccccc3)oc2C1. The smallest absolute Gasteiger partial charge is 0.255 e. The van der Waals surface area contributed by atoms with Gasteiger partial charge in [-0.15, -0.1) is 0 Å². The minimum atomic E-state index is -0.0442. The first-order chi connectivity index (χ1) is 12.3. The zero-order chi connectivity index (χ0) is 17.1. The van der Waals surface area contributed by atoms with Crippen molar-refractivity contribution in [3.8, 4) is 5.75 Å². The molecule has 0 atom stereocenters. The van der Waals surface area contributed by atoms with Crippen molar-refractivity contribution in [1.82, 2.24) is 14.9 Å². The molecule has 0 fully saturated rings. The second kappa shape index (κ2) is 6.76. The third-order valence-electron chi connectivity index (χ3n) is 4.08. The predicted octanol–water partition coefficient (Wildman–Crippen LogP) is 2.85. The van der Waals surface area contributed by atoms with Crippen LogP contribution in [0.25, 0.3) is 0 Å². The lowest BCUT2D eigenvalue weighted by molar-refractivity contribution is 0.0718. The minimum absolute atomic E-state index is 0.0442. The van der Waals surface area contributed by atoms with Crippen molar-refractivity contribution in [2.24, 2.45) is 0 Å². The van der Waals surface area contributed by atoms with Crippen molar-refractivity contribution in [2.75, 3.05) is 6.54 Å². The van der Waals surface area contributed by atoms with Crippen LogP contribution in [0.1, 0.15) is 27.7 Å². The topological polar surface area (TPSA) is 68.5 Å². The quantitative estimate of drug-likeness (QED) is 0.733. The van der Waals surface area contributed by atoms with Crippen molar-refractivity contribution in [1.29, 1.82) is 0 Å². The number of nitrogens with zero attached hydrogens (tertiary/aromatic N) is 3. The highest BCUT2D eigenvalue weighted by atomic mass is 16.5. The van der Waals surface area contributed by atoms with E-state index >= 15 is 0 Å². The molecule has 0 spiro atoms. The van der Waals surface area contributed by atoms with Crippen LogP contribution in [0.5, 0.6) is 5.75 Å². The highest BCUT2D eigenvalue weighted by Gasteiger charge is 2.26. The van der Waals surface area contributed by atoms with Crippen LogP contribution in [0.15, 0.2) is 59.3 Å². The Hall–Kier alpha value is -3.15. The number of carbonyl (C=O) groups excluding carboxylic acids is 1. The van der Waals surface area contributed by atoms with E-state index in [2.05, 4.69) is 9.97 Å². The molecule has 126 valence electrons. The Labute approximate surface area is 145 Å². The molecule has 1 amide bonds. The number of para-hydroxylation sites is 1. The maximum atomic E-state index is 12.5. The summed E-state index contributed by atoms with van der Waals surface area (Å²) in [5, 5.41) is 0. The Morgan fingerprint density at radius 2 is 2.08 bits per heavy atom. The number of pyridine rings is 1. The summed E-state index contributed by atoms with van der Waals surface area (Å²) in [6.45, 7) is 1.31. The number of aromatic nitrogens is 2. The number of oxazole rings is 1. The van der Waals surface area contributed by atoms with Gasteiger partial charge in [-0.2, -0.15) is 0 Å². The van der Waals surface area contributed by atoms with Crippen LogP contribution in [-0.2, 0) is 19.6 Å². The normalized spacial score (nSPS) is 13.4. The van der Waals surface area contributed by atoms with Gasteiger partial charge in [0.2, 0.25) is 5.89 Å². The third kappa shape index (κ3) is 3.38. The summed E-state index contributed by atoms with van der Waals surface area (Å²) in [5.41, 5.74) is 1.49. The second-order valence-corrected chi connectivity index (χ2v) is 5.80. The molecule has 0 saturated carbocycles. The van der Waals surface area contributed by atoms with Crippen LogP contribution < -0.4 is 4.74 Å². The summed E-state index contributed by atoms with van der Waals surface area (Å²) >= 11 is 0. The largest absolute Gasteiger partial charge is 0.484 e. The Morgan fingerprint density at radius 3 is 2.88 bits per heavy atom. The van der Waals surface area contributed by atoms with Gasteiger partial charge >= 0.3 is 0 Å². The summed E-state index contributed by atoms with van der Waals surface area (Å²) in [5.74, 6) is 1.99. The molecule has 2 aromatic heterocycles. The Morgan fingerprint density at radius 1 is 1.20 bits per heavy atom. The Kier molecular flexibility index (Phi) is 4.16. The highest BCUT2D eigenvalue weighted by Crippen LogP contribution is 2.22. The van der Waals surface area contributed by atoms with Gasteiger partial charge in [0.15, 0.2) is 6.61 Å². The highest BCUT2D eigenvalue weighted by molar-refractivity contribution is 5.93. The van der Waals surface area contributed by atoms with E-state index < -0.39 is 0 Å². The molecule has 1 aromatic carbocycles. The maximum absolute atomic E-state index is 12.5. The lowest BCUT2D eigenvalue weighted by Gasteiger charge is -2.25. The molecule has 0 N–H and O–H groups in total. The molecule has 0 radical (unpaired) electrons. The van der Waals surface area contributed by atoms with Crippen LogP contribution in [0.2, 0.25) is 0 Å².